The molecule has 7 nitrogen and oxygen atoms in total. The van der Waals surface area contributed by atoms with Crippen LogP contribution in [0.25, 0.3) is 0 Å². The molecule has 32 heavy (non-hydrogen) atoms. The third-order valence-corrected chi connectivity index (χ3v) is 6.56. The molecule has 3 aromatic rings. The molecule has 0 heterocycles. The molecule has 10 heteroatoms. The van der Waals surface area contributed by atoms with Crippen molar-refractivity contribution >= 4 is 50.5 Å². The largest absolute Gasteiger partial charge is 0.493 e. The van der Waals surface area contributed by atoms with Gasteiger partial charge in [-0.05, 0) is 48.0 Å². The van der Waals surface area contributed by atoms with Crippen LogP contribution in [0.1, 0.15) is 5.56 Å². The van der Waals surface area contributed by atoms with Crippen molar-refractivity contribution in [2.75, 3.05) is 24.3 Å². The number of amides is 1. The SMILES string of the molecule is COc1ccc(NC(=O)Cc2ccc(NS(=O)(=O)c3ccc(Cl)c(Cl)c3)cc2)cc1OC. The summed E-state index contributed by atoms with van der Waals surface area (Å²) in [6.45, 7) is 0. The van der Waals surface area contributed by atoms with Gasteiger partial charge in [-0.2, -0.15) is 0 Å². The first-order valence-corrected chi connectivity index (χ1v) is 11.5. The zero-order valence-corrected chi connectivity index (χ0v) is 19.5. The van der Waals surface area contributed by atoms with E-state index in [0.29, 0.717) is 28.4 Å². The Hall–Kier alpha value is -2.94. The highest BCUT2D eigenvalue weighted by atomic mass is 35.5. The molecular weight excluding hydrogens is 475 g/mol. The van der Waals surface area contributed by atoms with Crippen LogP contribution in [0.2, 0.25) is 10.0 Å². The Kier molecular flexibility index (Phi) is 7.50. The lowest BCUT2D eigenvalue weighted by Crippen LogP contribution is -2.15. The molecule has 2 N–H and O–H groups in total. The molecule has 0 atom stereocenters. The van der Waals surface area contributed by atoms with Gasteiger partial charge in [0.15, 0.2) is 11.5 Å². The Morgan fingerprint density at radius 3 is 2.12 bits per heavy atom. The van der Waals surface area contributed by atoms with Crippen molar-refractivity contribution in [1.29, 1.82) is 0 Å². The minimum atomic E-state index is -3.84. The number of nitrogens with one attached hydrogen (secondary N) is 2. The minimum absolute atomic E-state index is 0.00901. The molecule has 0 radical (unpaired) electrons. The summed E-state index contributed by atoms with van der Waals surface area (Å²) in [5.74, 6) is 0.828. The lowest BCUT2D eigenvalue weighted by molar-refractivity contribution is -0.115. The maximum absolute atomic E-state index is 12.5. The van der Waals surface area contributed by atoms with Crippen LogP contribution in [0.15, 0.2) is 65.6 Å². The monoisotopic (exact) mass is 494 g/mol. The van der Waals surface area contributed by atoms with Gasteiger partial charge in [-0.3, -0.25) is 9.52 Å². The van der Waals surface area contributed by atoms with E-state index >= 15 is 0 Å². The smallest absolute Gasteiger partial charge is 0.261 e. The molecule has 0 spiro atoms. The second-order valence-corrected chi connectivity index (χ2v) is 9.17. The normalized spacial score (nSPS) is 11.0. The van der Waals surface area contributed by atoms with Crippen molar-refractivity contribution in [2.24, 2.45) is 0 Å². The number of ether oxygens (including phenoxy) is 2. The Labute approximate surface area is 196 Å². The van der Waals surface area contributed by atoms with Crippen LogP contribution in [0, 0.1) is 0 Å². The molecule has 0 aliphatic rings. The first kappa shape index (κ1) is 23.7. The van der Waals surface area contributed by atoms with Crippen LogP contribution in [0.3, 0.4) is 0 Å². The van der Waals surface area contributed by atoms with E-state index in [1.54, 1.807) is 42.5 Å². The highest BCUT2D eigenvalue weighted by Gasteiger charge is 2.16. The third kappa shape index (κ3) is 5.85. The van der Waals surface area contributed by atoms with E-state index in [9.17, 15) is 13.2 Å². The van der Waals surface area contributed by atoms with Crippen LogP contribution in [-0.2, 0) is 21.2 Å². The van der Waals surface area contributed by atoms with E-state index in [2.05, 4.69) is 10.0 Å². The van der Waals surface area contributed by atoms with E-state index in [-0.39, 0.29) is 27.3 Å². The van der Waals surface area contributed by atoms with Gasteiger partial charge in [-0.1, -0.05) is 35.3 Å². The predicted octanol–water partition coefficient (Wildman–Crippen LogP) is 4.99. The van der Waals surface area contributed by atoms with E-state index in [0.717, 1.165) is 0 Å². The zero-order chi connectivity index (χ0) is 23.3. The Morgan fingerprint density at radius 2 is 1.50 bits per heavy atom. The van der Waals surface area contributed by atoms with Gasteiger partial charge >= 0.3 is 0 Å². The van der Waals surface area contributed by atoms with Crippen molar-refractivity contribution in [3.05, 3.63) is 76.3 Å². The number of hydrogen-bond acceptors (Lipinski definition) is 5. The molecule has 168 valence electrons. The molecule has 0 fully saturated rings. The van der Waals surface area contributed by atoms with Gasteiger partial charge in [0, 0.05) is 17.4 Å². The number of sulfonamides is 1. The molecule has 0 saturated heterocycles. The summed E-state index contributed by atoms with van der Waals surface area (Å²) in [5.41, 5.74) is 1.62. The number of rotatable bonds is 8. The molecule has 0 saturated carbocycles. The summed E-state index contributed by atoms with van der Waals surface area (Å²) in [6.07, 6.45) is 0.105. The topological polar surface area (TPSA) is 93.7 Å². The minimum Gasteiger partial charge on any atom is -0.493 e. The van der Waals surface area contributed by atoms with Gasteiger partial charge in [-0.15, -0.1) is 0 Å². The van der Waals surface area contributed by atoms with Crippen LogP contribution in [0.4, 0.5) is 11.4 Å². The Morgan fingerprint density at radius 1 is 0.844 bits per heavy atom. The van der Waals surface area contributed by atoms with Crippen molar-refractivity contribution in [2.45, 2.75) is 11.3 Å². The maximum atomic E-state index is 12.5. The van der Waals surface area contributed by atoms with Crippen LogP contribution in [-0.4, -0.2) is 28.5 Å². The van der Waals surface area contributed by atoms with E-state index in [1.165, 1.54) is 32.4 Å². The van der Waals surface area contributed by atoms with Gasteiger partial charge < -0.3 is 14.8 Å². The van der Waals surface area contributed by atoms with Crippen molar-refractivity contribution in [3.63, 3.8) is 0 Å². The summed E-state index contributed by atoms with van der Waals surface area (Å²) in [5, 5.41) is 3.20. The molecular formula is C22H20Cl2N2O5S. The van der Waals surface area contributed by atoms with Crippen LogP contribution >= 0.6 is 23.2 Å². The van der Waals surface area contributed by atoms with Crippen LogP contribution < -0.4 is 19.5 Å². The summed E-state index contributed by atoms with van der Waals surface area (Å²) >= 11 is 11.7. The maximum Gasteiger partial charge on any atom is 0.261 e. The first-order valence-electron chi connectivity index (χ1n) is 9.30. The van der Waals surface area contributed by atoms with Gasteiger partial charge in [0.05, 0.1) is 35.6 Å². The van der Waals surface area contributed by atoms with Crippen molar-refractivity contribution in [1.82, 2.24) is 0 Å². The first-order chi connectivity index (χ1) is 15.2. The quantitative estimate of drug-likeness (QED) is 0.459. The second-order valence-electron chi connectivity index (χ2n) is 6.67. The summed E-state index contributed by atoms with van der Waals surface area (Å²) in [7, 11) is -0.789. The van der Waals surface area contributed by atoms with E-state index < -0.39 is 10.0 Å². The lowest BCUT2D eigenvalue weighted by Gasteiger charge is -2.11. The van der Waals surface area contributed by atoms with E-state index in [1.807, 2.05) is 0 Å². The average Bonchev–Trinajstić information content (AvgIpc) is 2.76. The molecule has 0 unspecified atom stereocenters. The van der Waals surface area contributed by atoms with E-state index in [4.69, 9.17) is 32.7 Å². The molecule has 3 aromatic carbocycles. The highest BCUT2D eigenvalue weighted by Crippen LogP contribution is 2.30. The number of halogens is 2. The number of benzene rings is 3. The number of carbonyl (C=O) groups is 1. The lowest BCUT2D eigenvalue weighted by atomic mass is 10.1. The molecule has 3 rings (SSSR count). The Balaban J connectivity index is 1.64. The standard InChI is InChI=1S/C22H20Cl2N2O5S/c1-30-20-10-7-16(12-21(20)31-2)25-22(27)11-14-3-5-15(6-4-14)26-32(28,29)17-8-9-18(23)19(24)13-17/h3-10,12-13,26H,11H2,1-2H3,(H,25,27). The fourth-order valence-corrected chi connectivity index (χ4v) is 4.30. The molecule has 1 amide bonds. The molecule has 0 aliphatic heterocycles. The predicted molar refractivity (Wildman–Crippen MR) is 126 cm³/mol. The van der Waals surface area contributed by atoms with Gasteiger partial charge in [0.1, 0.15) is 0 Å². The van der Waals surface area contributed by atoms with Crippen molar-refractivity contribution in [3.8, 4) is 11.5 Å². The molecule has 0 aromatic heterocycles. The van der Waals surface area contributed by atoms with Gasteiger partial charge in [0.25, 0.3) is 10.0 Å². The zero-order valence-electron chi connectivity index (χ0n) is 17.2. The number of methoxy groups -OCH3 is 2. The highest BCUT2D eigenvalue weighted by molar-refractivity contribution is 7.92. The Bertz CT molecular complexity index is 1230. The molecule has 0 bridgehead atoms. The van der Waals surface area contributed by atoms with Crippen molar-refractivity contribution < 1.29 is 22.7 Å². The fraction of sp³-hybridized carbons (Fsp3) is 0.136. The summed E-state index contributed by atoms with van der Waals surface area (Å²) < 4.78 is 37.9. The second kappa shape index (κ2) is 10.1. The average molecular weight is 495 g/mol. The number of anilines is 2. The number of carbonyl (C=O) groups excluding carboxylic acids is 1. The van der Waals surface area contributed by atoms with Gasteiger partial charge in [-0.25, -0.2) is 8.42 Å². The summed E-state index contributed by atoms with van der Waals surface area (Å²) in [4.78, 5) is 12.4. The number of hydrogen-bond donors (Lipinski definition) is 2. The van der Waals surface area contributed by atoms with Crippen LogP contribution in [0.5, 0.6) is 11.5 Å². The molecule has 0 aliphatic carbocycles. The van der Waals surface area contributed by atoms with Gasteiger partial charge in [0.2, 0.25) is 5.91 Å². The fourth-order valence-electron chi connectivity index (χ4n) is 2.85. The third-order valence-electron chi connectivity index (χ3n) is 4.44. The summed E-state index contributed by atoms with van der Waals surface area (Å²) in [6, 6.07) is 15.6.